The minimum absolute atomic E-state index is 0.151. The molecule has 80 heavy (non-hydrogen) atoms. The van der Waals surface area contributed by atoms with E-state index in [0.29, 0.717) is 12.0 Å². The Morgan fingerprint density at radius 1 is 0.700 bits per heavy atom. The van der Waals surface area contributed by atoms with E-state index in [1.165, 1.54) is 139 Å². The predicted octanol–water partition coefficient (Wildman–Crippen LogP) is 21.0. The van der Waals surface area contributed by atoms with Gasteiger partial charge in [0.1, 0.15) is 42.4 Å². The molecule has 1 saturated heterocycles. The summed E-state index contributed by atoms with van der Waals surface area (Å²) in [6.07, 6.45) is 32.7. The van der Waals surface area contributed by atoms with Crippen LogP contribution in [0.15, 0.2) is 90.7 Å². The first-order valence-electron chi connectivity index (χ1n) is 31.4. The van der Waals surface area contributed by atoms with Crippen molar-refractivity contribution in [3.05, 3.63) is 130 Å². The Labute approximate surface area is 489 Å². The number of carbonyl (C=O) groups is 1. The fourth-order valence-electron chi connectivity index (χ4n) is 9.48. The minimum Gasteiger partial charge on any atom is -0.500 e. The molecule has 2 N–H and O–H groups in total. The number of allylic oxidation sites excluding steroid dienone is 4. The van der Waals surface area contributed by atoms with Crippen molar-refractivity contribution < 1.29 is 22.9 Å². The highest BCUT2D eigenvalue weighted by molar-refractivity contribution is 6.21. The summed E-state index contributed by atoms with van der Waals surface area (Å²) in [6.45, 7) is 36.8. The van der Waals surface area contributed by atoms with Crippen LogP contribution < -0.4 is 15.5 Å². The summed E-state index contributed by atoms with van der Waals surface area (Å²) in [6, 6.07) is 13.6. The summed E-state index contributed by atoms with van der Waals surface area (Å²) in [5.74, 6) is 3.96. The number of benzene rings is 2. The molecule has 3 aliphatic heterocycles. The maximum absolute atomic E-state index is 13.1. The highest BCUT2D eigenvalue weighted by Crippen LogP contribution is 2.36. The standard InChI is InChI=1S/C28H35N4O2.C11H24.C9H20.C7H6F2.C7H11N.C5H10.C4H10/c1-18-11-12-22-24(15-18)32(5)27(30-22)10-8-7-9-25(33)21-16-19(2)29-23(17-21)28-20(3)31(4)14-13-26(28)34-6;1-5-7-11(4)9-8-10(3)6-2;1-4-6-7-8-9(3)5-2;1-5-2-6(8)4-7(9)3-5;1-6-4-3-5-7(2)8-6;1-2-4-5-3-1;1-3-4-2/h10-12,15-17,30H,7-9,13-14H2,1-6H3;10-11H,5-9H2,1-4H3;9H,4-8H2,1-3H3;2-4H,1H3;8H,1-5H2;1-5H2;3-4H2,1-2H3/q+1;;;;;;/b27-10-;;;;;;. The molecule has 7 rings (SSSR count). The zero-order valence-corrected chi connectivity index (χ0v) is 53.9. The molecule has 1 saturated carbocycles. The fourth-order valence-corrected chi connectivity index (χ4v) is 9.48. The number of Topliss-reactive ketones (excluding diaryl/α,β-unsaturated/α-hetero) is 1. The van der Waals surface area contributed by atoms with Gasteiger partial charge in [-0.15, -0.1) is 0 Å². The molecule has 0 amide bonds. The zero-order chi connectivity index (χ0) is 60.0. The Bertz CT molecular complexity index is 2270. The van der Waals surface area contributed by atoms with Crippen LogP contribution in [0.25, 0.3) is 5.57 Å². The summed E-state index contributed by atoms with van der Waals surface area (Å²) in [4.78, 5) is 20.0. The van der Waals surface area contributed by atoms with Gasteiger partial charge in [0, 0.05) is 49.1 Å². The summed E-state index contributed by atoms with van der Waals surface area (Å²) in [5, 5.41) is 6.56. The summed E-state index contributed by atoms with van der Waals surface area (Å²) < 4.78 is 32.3. The topological polar surface area (TPSA) is 69.5 Å². The van der Waals surface area contributed by atoms with Crippen molar-refractivity contribution >= 4 is 28.4 Å². The van der Waals surface area contributed by atoms with Crippen LogP contribution in [0.4, 0.5) is 20.2 Å². The molecular formula is C71H116F2N5O2+. The number of carbonyl (C=O) groups excluding carboxylic acids is 1. The van der Waals surface area contributed by atoms with Crippen molar-refractivity contribution in [2.24, 2.45) is 17.8 Å². The number of aromatic nitrogens is 1. The number of hydrogen-bond acceptors (Lipinski definition) is 6. The molecular weight excluding hydrogens is 993 g/mol. The Kier molecular flexibility index (Phi) is 39.0. The molecule has 3 atom stereocenters. The van der Waals surface area contributed by atoms with Crippen LogP contribution in [0.3, 0.4) is 0 Å². The van der Waals surface area contributed by atoms with Crippen LogP contribution in [0.1, 0.15) is 256 Å². The number of ether oxygens (including phenoxy) is 1. The fraction of sp³-hybridized carbons (Fsp3) is 0.620. The molecule has 0 radical (unpaired) electrons. The molecule has 1 aliphatic carbocycles. The Hall–Kier alpha value is -5.05. The van der Waals surface area contributed by atoms with Crippen molar-refractivity contribution in [1.29, 1.82) is 0 Å². The lowest BCUT2D eigenvalue weighted by Crippen LogP contribution is -2.25. The first-order valence-corrected chi connectivity index (χ1v) is 31.4. The number of nitrogens with zero attached hydrogens (tertiary/aromatic N) is 3. The number of rotatable bonds is 19. The van der Waals surface area contributed by atoms with E-state index in [2.05, 4.69) is 148 Å². The van der Waals surface area contributed by atoms with E-state index in [9.17, 15) is 13.6 Å². The third kappa shape index (κ3) is 30.7. The maximum atomic E-state index is 13.1. The second-order valence-corrected chi connectivity index (χ2v) is 23.1. The average molecular weight is 1110 g/mol. The molecule has 0 bridgehead atoms. The quantitative estimate of drug-likeness (QED) is 0.0708. The van der Waals surface area contributed by atoms with Crippen LogP contribution in [0.2, 0.25) is 0 Å². The molecule has 4 heterocycles. The van der Waals surface area contributed by atoms with Gasteiger partial charge >= 0.3 is 0 Å². The van der Waals surface area contributed by atoms with E-state index < -0.39 is 11.6 Å². The SMILES string of the molecule is C1CCCC1.C=C1CCCC(=C)N1.CCCC.CCCC(C)CCC(C)CC.CCCCCC(C)CC.COC1=C(c2cc(C(=O)CCC/C=C3/Nc4ccc(C)cc4N3C)cc(C)n2)C(C)=[N+](C)CC1.Cc1cc(F)cc(F)c1. The minimum atomic E-state index is -0.521. The Morgan fingerprint density at radius 2 is 1.29 bits per heavy atom. The van der Waals surface area contributed by atoms with E-state index in [1.807, 2.05) is 19.1 Å². The first-order chi connectivity index (χ1) is 38.2. The lowest BCUT2D eigenvalue weighted by atomic mass is 9.94. The number of hydrogen-bond donors (Lipinski definition) is 2. The van der Waals surface area contributed by atoms with Gasteiger partial charge in [0.05, 0.1) is 30.6 Å². The van der Waals surface area contributed by atoms with Crippen molar-refractivity contribution in [2.75, 3.05) is 38.0 Å². The van der Waals surface area contributed by atoms with Crippen molar-refractivity contribution in [1.82, 2.24) is 10.3 Å². The number of piperidine rings is 1. The predicted molar refractivity (Wildman–Crippen MR) is 345 cm³/mol. The van der Waals surface area contributed by atoms with Crippen LogP contribution in [0.5, 0.6) is 0 Å². The molecule has 3 unspecified atom stereocenters. The normalized spacial score (nSPS) is 15.9. The van der Waals surface area contributed by atoms with Gasteiger partial charge in [0.2, 0.25) is 0 Å². The van der Waals surface area contributed by atoms with E-state index in [0.717, 1.165) is 119 Å². The third-order valence-electron chi connectivity index (χ3n) is 15.4. The summed E-state index contributed by atoms with van der Waals surface area (Å²) in [5.41, 5.74) is 10.9. The molecule has 7 nitrogen and oxygen atoms in total. The van der Waals surface area contributed by atoms with Gasteiger partial charge in [0.25, 0.3) is 0 Å². The second-order valence-electron chi connectivity index (χ2n) is 23.1. The van der Waals surface area contributed by atoms with E-state index in [-0.39, 0.29) is 5.78 Å². The lowest BCUT2D eigenvalue weighted by molar-refractivity contribution is -0.497. The number of unbranched alkanes of at least 4 members (excludes halogenated alkanes) is 4. The molecule has 1 aromatic heterocycles. The smallest absolute Gasteiger partial charge is 0.185 e. The van der Waals surface area contributed by atoms with Crippen LogP contribution in [-0.4, -0.2) is 48.8 Å². The molecule has 2 fully saturated rings. The molecule has 3 aromatic rings. The number of fused-ring (bicyclic) bond motifs is 1. The van der Waals surface area contributed by atoms with E-state index in [4.69, 9.17) is 9.72 Å². The number of nitrogens with one attached hydrogen (secondary N) is 2. The number of ketones is 1. The number of anilines is 2. The van der Waals surface area contributed by atoms with Crippen LogP contribution >= 0.6 is 0 Å². The van der Waals surface area contributed by atoms with Crippen LogP contribution in [-0.2, 0) is 4.74 Å². The van der Waals surface area contributed by atoms with Gasteiger partial charge < -0.3 is 20.3 Å². The van der Waals surface area contributed by atoms with Gasteiger partial charge in [0.15, 0.2) is 11.5 Å². The van der Waals surface area contributed by atoms with Gasteiger partial charge in [-0.25, -0.2) is 13.4 Å². The molecule has 4 aliphatic rings. The van der Waals surface area contributed by atoms with Gasteiger partial charge in [-0.3, -0.25) is 9.78 Å². The molecule has 450 valence electrons. The summed E-state index contributed by atoms with van der Waals surface area (Å²) in [7, 11) is 5.86. The molecule has 0 spiro atoms. The lowest BCUT2D eigenvalue weighted by Gasteiger charge is -2.18. The Morgan fingerprint density at radius 3 is 1.80 bits per heavy atom. The Balaban J connectivity index is 0.000000562. The largest absolute Gasteiger partial charge is 0.500 e. The highest BCUT2D eigenvalue weighted by atomic mass is 19.1. The van der Waals surface area contributed by atoms with Gasteiger partial charge in [-0.05, 0) is 124 Å². The number of methoxy groups -OCH3 is 1. The highest BCUT2D eigenvalue weighted by Gasteiger charge is 2.27. The molecule has 2 aromatic carbocycles. The van der Waals surface area contributed by atoms with Gasteiger partial charge in [-0.1, -0.05) is 191 Å². The second kappa shape index (κ2) is 42.7. The average Bonchev–Trinajstić information content (AvgIpc) is 4.13. The van der Waals surface area contributed by atoms with Crippen molar-refractivity contribution in [3.63, 3.8) is 0 Å². The van der Waals surface area contributed by atoms with Crippen molar-refractivity contribution in [2.45, 2.75) is 244 Å². The number of halogens is 2. The molecule has 9 heteroatoms. The first kappa shape index (κ1) is 73.0. The monoisotopic (exact) mass is 1110 g/mol. The number of pyridine rings is 1. The van der Waals surface area contributed by atoms with Crippen molar-refractivity contribution in [3.8, 4) is 0 Å². The van der Waals surface area contributed by atoms with E-state index in [1.54, 1.807) is 14.0 Å². The van der Waals surface area contributed by atoms with E-state index >= 15 is 0 Å². The third-order valence-corrected chi connectivity index (χ3v) is 15.4. The maximum Gasteiger partial charge on any atom is 0.185 e. The number of aryl methyl sites for hydroxylation is 3. The van der Waals surface area contributed by atoms with Gasteiger partial charge in [-0.2, -0.15) is 0 Å². The van der Waals surface area contributed by atoms with Crippen LogP contribution in [0, 0.1) is 50.2 Å². The summed E-state index contributed by atoms with van der Waals surface area (Å²) >= 11 is 0. The zero-order valence-electron chi connectivity index (χ0n) is 53.9.